The number of hydrogen-bond donors (Lipinski definition) is 1. The standard InChI is InChI=1S/C19H21N3O4S/c1-22(2)27(23,24)21-15-10-11-18(25-3)19(12-15)26-13-16-9-8-14-6-4-5-7-17(14)20-16/h4-12,21H,13H2,1-3H3. The third kappa shape index (κ3) is 4.47. The molecule has 3 aromatic rings. The van der Waals surface area contributed by atoms with Crippen LogP contribution in [0.25, 0.3) is 10.9 Å². The number of nitrogens with zero attached hydrogens (tertiary/aromatic N) is 2. The van der Waals surface area contributed by atoms with Gasteiger partial charge in [0.2, 0.25) is 0 Å². The molecule has 1 heterocycles. The lowest BCUT2D eigenvalue weighted by molar-refractivity contribution is 0.281. The van der Waals surface area contributed by atoms with Crippen LogP contribution in [0.3, 0.4) is 0 Å². The summed E-state index contributed by atoms with van der Waals surface area (Å²) in [5, 5.41) is 1.05. The molecule has 0 bridgehead atoms. The van der Waals surface area contributed by atoms with Crippen molar-refractivity contribution < 1.29 is 17.9 Å². The summed E-state index contributed by atoms with van der Waals surface area (Å²) in [4.78, 5) is 4.57. The lowest BCUT2D eigenvalue weighted by Crippen LogP contribution is -2.28. The van der Waals surface area contributed by atoms with Gasteiger partial charge in [0, 0.05) is 25.5 Å². The summed E-state index contributed by atoms with van der Waals surface area (Å²) in [6, 6.07) is 16.6. The van der Waals surface area contributed by atoms with Crippen LogP contribution in [-0.4, -0.2) is 38.9 Å². The summed E-state index contributed by atoms with van der Waals surface area (Å²) < 4.78 is 38.7. The molecule has 0 spiro atoms. The van der Waals surface area contributed by atoms with Crippen LogP contribution >= 0.6 is 0 Å². The smallest absolute Gasteiger partial charge is 0.301 e. The van der Waals surface area contributed by atoms with Crippen molar-refractivity contribution >= 4 is 26.8 Å². The molecule has 0 amide bonds. The van der Waals surface area contributed by atoms with E-state index in [1.54, 1.807) is 18.2 Å². The van der Waals surface area contributed by atoms with Crippen LogP contribution < -0.4 is 14.2 Å². The monoisotopic (exact) mass is 387 g/mol. The van der Waals surface area contributed by atoms with Gasteiger partial charge in [-0.3, -0.25) is 4.72 Å². The van der Waals surface area contributed by atoms with Gasteiger partial charge in [0.25, 0.3) is 0 Å². The van der Waals surface area contributed by atoms with Gasteiger partial charge in [0.05, 0.1) is 24.0 Å². The van der Waals surface area contributed by atoms with Crippen LogP contribution in [-0.2, 0) is 16.8 Å². The van der Waals surface area contributed by atoms with E-state index in [4.69, 9.17) is 9.47 Å². The van der Waals surface area contributed by atoms with Crippen LogP contribution in [0.5, 0.6) is 11.5 Å². The largest absolute Gasteiger partial charge is 0.493 e. The molecular weight excluding hydrogens is 366 g/mol. The van der Waals surface area contributed by atoms with Crippen molar-refractivity contribution in [3.8, 4) is 11.5 Å². The first-order chi connectivity index (χ1) is 12.9. The van der Waals surface area contributed by atoms with Crippen LogP contribution in [0.1, 0.15) is 5.69 Å². The van der Waals surface area contributed by atoms with Crippen LogP contribution in [0.2, 0.25) is 0 Å². The molecule has 0 aliphatic carbocycles. The molecule has 3 rings (SSSR count). The third-order valence-corrected chi connectivity index (χ3v) is 5.38. The number of nitrogens with one attached hydrogen (secondary N) is 1. The molecule has 0 atom stereocenters. The van der Waals surface area contributed by atoms with Crippen LogP contribution in [0, 0.1) is 0 Å². The van der Waals surface area contributed by atoms with Gasteiger partial charge in [0.1, 0.15) is 6.61 Å². The Hall–Kier alpha value is -2.84. The molecule has 0 fully saturated rings. The molecule has 7 nitrogen and oxygen atoms in total. The normalized spacial score (nSPS) is 11.6. The van der Waals surface area contributed by atoms with Crippen molar-refractivity contribution in [2.45, 2.75) is 6.61 Å². The van der Waals surface area contributed by atoms with Gasteiger partial charge < -0.3 is 9.47 Å². The lowest BCUT2D eigenvalue weighted by atomic mass is 10.2. The second-order valence-electron chi connectivity index (χ2n) is 6.04. The first-order valence-electron chi connectivity index (χ1n) is 8.25. The molecule has 8 heteroatoms. The van der Waals surface area contributed by atoms with Gasteiger partial charge in [-0.1, -0.05) is 24.3 Å². The van der Waals surface area contributed by atoms with E-state index in [2.05, 4.69) is 9.71 Å². The molecule has 2 aromatic carbocycles. The van der Waals surface area contributed by atoms with E-state index >= 15 is 0 Å². The first kappa shape index (κ1) is 18.9. The minimum Gasteiger partial charge on any atom is -0.493 e. The highest BCUT2D eigenvalue weighted by atomic mass is 32.2. The van der Waals surface area contributed by atoms with E-state index in [9.17, 15) is 8.42 Å². The number of para-hydroxylation sites is 1. The van der Waals surface area contributed by atoms with E-state index < -0.39 is 10.2 Å². The molecular formula is C19H21N3O4S. The number of ether oxygens (including phenoxy) is 2. The second kappa shape index (κ2) is 7.81. The Bertz CT molecular complexity index is 1050. The van der Waals surface area contributed by atoms with Gasteiger partial charge in [-0.05, 0) is 24.3 Å². The summed E-state index contributed by atoms with van der Waals surface area (Å²) in [7, 11) is 0.830. The zero-order valence-electron chi connectivity index (χ0n) is 15.3. The molecule has 1 N–H and O–H groups in total. The average molecular weight is 387 g/mol. The Balaban J connectivity index is 1.81. The van der Waals surface area contributed by atoms with Gasteiger partial charge in [-0.25, -0.2) is 4.98 Å². The number of aromatic nitrogens is 1. The maximum absolute atomic E-state index is 12.0. The highest BCUT2D eigenvalue weighted by Gasteiger charge is 2.15. The second-order valence-corrected chi connectivity index (χ2v) is 7.92. The number of anilines is 1. The van der Waals surface area contributed by atoms with E-state index in [0.717, 1.165) is 20.9 Å². The van der Waals surface area contributed by atoms with Crippen LogP contribution in [0.15, 0.2) is 54.6 Å². The first-order valence-corrected chi connectivity index (χ1v) is 9.69. The third-order valence-electron chi connectivity index (χ3n) is 3.92. The minimum absolute atomic E-state index is 0.227. The molecule has 0 saturated carbocycles. The number of methoxy groups -OCH3 is 1. The summed E-state index contributed by atoms with van der Waals surface area (Å²) in [6.45, 7) is 0.227. The number of pyridine rings is 1. The summed E-state index contributed by atoms with van der Waals surface area (Å²) >= 11 is 0. The summed E-state index contributed by atoms with van der Waals surface area (Å²) in [5.74, 6) is 0.926. The van der Waals surface area contributed by atoms with Crippen molar-refractivity contribution in [1.82, 2.24) is 9.29 Å². The Morgan fingerprint density at radius 1 is 1.04 bits per heavy atom. The highest BCUT2D eigenvalue weighted by Crippen LogP contribution is 2.31. The zero-order valence-corrected chi connectivity index (χ0v) is 16.2. The summed E-state index contributed by atoms with van der Waals surface area (Å²) in [6.07, 6.45) is 0. The highest BCUT2D eigenvalue weighted by molar-refractivity contribution is 7.90. The Labute approximate surface area is 158 Å². The zero-order chi connectivity index (χ0) is 19.4. The van der Waals surface area contributed by atoms with E-state index in [1.165, 1.54) is 21.2 Å². The van der Waals surface area contributed by atoms with Crippen molar-refractivity contribution in [2.75, 3.05) is 25.9 Å². The maximum atomic E-state index is 12.0. The molecule has 0 radical (unpaired) electrons. The topological polar surface area (TPSA) is 80.8 Å². The fraction of sp³-hybridized carbons (Fsp3) is 0.211. The fourth-order valence-corrected chi connectivity index (χ4v) is 3.04. The Kier molecular flexibility index (Phi) is 5.48. The van der Waals surface area contributed by atoms with Gasteiger partial charge in [0.15, 0.2) is 11.5 Å². The van der Waals surface area contributed by atoms with Gasteiger partial charge >= 0.3 is 10.2 Å². The lowest BCUT2D eigenvalue weighted by Gasteiger charge is -2.16. The molecule has 1 aromatic heterocycles. The number of hydrogen-bond acceptors (Lipinski definition) is 5. The Morgan fingerprint density at radius 3 is 2.56 bits per heavy atom. The predicted molar refractivity (Wildman–Crippen MR) is 105 cm³/mol. The van der Waals surface area contributed by atoms with E-state index in [1.807, 2.05) is 36.4 Å². The predicted octanol–water partition coefficient (Wildman–Crippen LogP) is 3.04. The number of fused-ring (bicyclic) bond motifs is 1. The maximum Gasteiger partial charge on any atom is 0.301 e. The fourth-order valence-electron chi connectivity index (χ4n) is 2.43. The van der Waals surface area contributed by atoms with Crippen molar-refractivity contribution in [2.24, 2.45) is 0 Å². The molecule has 142 valence electrons. The summed E-state index contributed by atoms with van der Waals surface area (Å²) in [5.41, 5.74) is 2.03. The average Bonchev–Trinajstić information content (AvgIpc) is 2.66. The number of rotatable bonds is 7. The van der Waals surface area contributed by atoms with Crippen molar-refractivity contribution in [3.63, 3.8) is 0 Å². The molecule has 0 aliphatic rings. The van der Waals surface area contributed by atoms with Crippen molar-refractivity contribution in [3.05, 3.63) is 60.3 Å². The quantitative estimate of drug-likeness (QED) is 0.674. The van der Waals surface area contributed by atoms with Crippen LogP contribution in [0.4, 0.5) is 5.69 Å². The Morgan fingerprint density at radius 2 is 1.81 bits per heavy atom. The minimum atomic E-state index is -3.60. The van der Waals surface area contributed by atoms with Crippen molar-refractivity contribution in [1.29, 1.82) is 0 Å². The van der Waals surface area contributed by atoms with E-state index in [-0.39, 0.29) is 6.61 Å². The number of benzene rings is 2. The molecule has 0 saturated heterocycles. The molecule has 0 unspecified atom stereocenters. The van der Waals surface area contributed by atoms with Gasteiger partial charge in [-0.2, -0.15) is 12.7 Å². The SMILES string of the molecule is COc1ccc(NS(=O)(=O)N(C)C)cc1OCc1ccc2ccccc2n1. The molecule has 27 heavy (non-hydrogen) atoms. The van der Waals surface area contributed by atoms with Gasteiger partial charge in [-0.15, -0.1) is 0 Å². The van der Waals surface area contributed by atoms with E-state index in [0.29, 0.717) is 17.2 Å². The molecule has 0 aliphatic heterocycles.